The highest BCUT2D eigenvalue weighted by molar-refractivity contribution is 7.92. The van der Waals surface area contributed by atoms with Crippen LogP contribution in [0.1, 0.15) is 38.7 Å². The minimum Gasteiger partial charge on any atom is -0.377 e. The number of hydrogen-bond donors (Lipinski definition) is 1. The van der Waals surface area contributed by atoms with Gasteiger partial charge < -0.3 is 4.74 Å². The van der Waals surface area contributed by atoms with Gasteiger partial charge in [0.05, 0.1) is 23.3 Å². The summed E-state index contributed by atoms with van der Waals surface area (Å²) in [5.41, 5.74) is 0.773. The first-order valence-electron chi connectivity index (χ1n) is 7.46. The fourth-order valence-electron chi connectivity index (χ4n) is 2.42. The average Bonchev–Trinajstić information content (AvgIpc) is 2.48. The van der Waals surface area contributed by atoms with Crippen molar-refractivity contribution in [2.45, 2.75) is 44.6 Å². The molecule has 5 nitrogen and oxygen atoms in total. The van der Waals surface area contributed by atoms with E-state index in [9.17, 15) is 8.42 Å². The summed E-state index contributed by atoms with van der Waals surface area (Å²) in [5, 5.41) is 9.11. The van der Waals surface area contributed by atoms with E-state index in [1.54, 1.807) is 24.3 Å². The Morgan fingerprint density at radius 1 is 1.32 bits per heavy atom. The summed E-state index contributed by atoms with van der Waals surface area (Å²) in [7, 11) is -3.43. The molecule has 0 aromatic heterocycles. The molecule has 1 fully saturated rings. The van der Waals surface area contributed by atoms with Gasteiger partial charge in [0.1, 0.15) is 0 Å². The van der Waals surface area contributed by atoms with Crippen LogP contribution < -0.4 is 4.72 Å². The quantitative estimate of drug-likeness (QED) is 0.904. The van der Waals surface area contributed by atoms with Crippen molar-refractivity contribution in [3.05, 3.63) is 29.8 Å². The number of rotatable bonds is 5. The highest BCUT2D eigenvalue weighted by Crippen LogP contribution is 2.24. The third kappa shape index (κ3) is 4.46. The molecule has 0 saturated carbocycles. The number of nitriles is 1. The van der Waals surface area contributed by atoms with E-state index in [0.29, 0.717) is 12.3 Å². The van der Waals surface area contributed by atoms with Gasteiger partial charge in [-0.3, -0.25) is 4.72 Å². The first kappa shape index (κ1) is 16.8. The Morgan fingerprint density at radius 3 is 2.55 bits per heavy atom. The first-order chi connectivity index (χ1) is 10.3. The van der Waals surface area contributed by atoms with Crippen molar-refractivity contribution >= 4 is 15.7 Å². The molecule has 2 rings (SSSR count). The lowest BCUT2D eigenvalue weighted by Crippen LogP contribution is -2.30. The van der Waals surface area contributed by atoms with Crippen LogP contribution in [-0.4, -0.2) is 26.9 Å². The van der Waals surface area contributed by atoms with Crippen molar-refractivity contribution in [2.24, 2.45) is 0 Å². The predicted molar refractivity (Wildman–Crippen MR) is 86.1 cm³/mol. The summed E-state index contributed by atoms with van der Waals surface area (Å²) in [6, 6.07) is 9.15. The zero-order chi connectivity index (χ0) is 16.2. The van der Waals surface area contributed by atoms with Crippen LogP contribution in [0.2, 0.25) is 0 Å². The second-order valence-corrected chi connectivity index (χ2v) is 7.95. The van der Waals surface area contributed by atoms with E-state index in [1.165, 1.54) is 0 Å². The van der Waals surface area contributed by atoms with E-state index < -0.39 is 15.4 Å². The van der Waals surface area contributed by atoms with Crippen LogP contribution in [0.3, 0.4) is 0 Å². The zero-order valence-electron chi connectivity index (χ0n) is 13.0. The Hall–Kier alpha value is -1.58. The van der Waals surface area contributed by atoms with Crippen molar-refractivity contribution in [3.8, 4) is 6.07 Å². The summed E-state index contributed by atoms with van der Waals surface area (Å²) in [5.74, 6) is -0.0154. The molecule has 6 heteroatoms. The third-order valence-corrected chi connectivity index (χ3v) is 5.20. The summed E-state index contributed by atoms with van der Waals surface area (Å²) in [6.07, 6.45) is 2.58. The molecule has 1 aliphatic heterocycles. The number of benzene rings is 1. The second-order valence-electron chi connectivity index (χ2n) is 6.19. The molecule has 1 N–H and O–H groups in total. The highest BCUT2D eigenvalue weighted by atomic mass is 32.2. The van der Waals surface area contributed by atoms with E-state index in [1.807, 2.05) is 13.8 Å². The highest BCUT2D eigenvalue weighted by Gasteiger charge is 2.23. The fraction of sp³-hybridized carbons (Fsp3) is 0.562. The molecule has 0 radical (unpaired) electrons. The van der Waals surface area contributed by atoms with Gasteiger partial charge in [0.25, 0.3) is 0 Å². The van der Waals surface area contributed by atoms with Crippen molar-refractivity contribution in [3.63, 3.8) is 0 Å². The molecule has 1 aromatic rings. The van der Waals surface area contributed by atoms with Gasteiger partial charge in [-0.25, -0.2) is 8.42 Å². The molecule has 0 aliphatic carbocycles. The number of nitrogens with zero attached hydrogens (tertiary/aromatic N) is 1. The Labute approximate surface area is 132 Å². The van der Waals surface area contributed by atoms with Crippen LogP contribution in [0.5, 0.6) is 0 Å². The van der Waals surface area contributed by atoms with Crippen LogP contribution in [-0.2, 0) is 20.2 Å². The van der Waals surface area contributed by atoms with Gasteiger partial charge in [-0.2, -0.15) is 5.26 Å². The standard InChI is InChI=1S/C16H22N2O3S/c1-16(2,12-17)13-6-8-14(9-7-13)18-22(19,20)11-15-5-3-4-10-21-15/h6-9,15,18H,3-5,10-11H2,1-2H3/t15-/m0/s1. The minimum atomic E-state index is -3.43. The molecule has 1 aromatic carbocycles. The van der Waals surface area contributed by atoms with Crippen LogP contribution >= 0.6 is 0 Å². The summed E-state index contributed by atoms with van der Waals surface area (Å²) >= 11 is 0. The van der Waals surface area contributed by atoms with Crippen molar-refractivity contribution in [2.75, 3.05) is 17.1 Å². The van der Waals surface area contributed by atoms with Crippen LogP contribution in [0.4, 0.5) is 5.69 Å². The molecule has 120 valence electrons. The summed E-state index contributed by atoms with van der Waals surface area (Å²) in [6.45, 7) is 4.29. The maximum absolute atomic E-state index is 12.2. The minimum absolute atomic E-state index is 0.0154. The first-order valence-corrected chi connectivity index (χ1v) is 9.11. The smallest absolute Gasteiger partial charge is 0.235 e. The van der Waals surface area contributed by atoms with Gasteiger partial charge in [-0.15, -0.1) is 0 Å². The van der Waals surface area contributed by atoms with Gasteiger partial charge in [0.2, 0.25) is 10.0 Å². The van der Waals surface area contributed by atoms with Gasteiger partial charge in [0, 0.05) is 12.3 Å². The number of anilines is 1. The molecule has 1 atom stereocenters. The predicted octanol–water partition coefficient (Wildman–Crippen LogP) is 2.80. The SMILES string of the molecule is CC(C)(C#N)c1ccc(NS(=O)(=O)C[C@@H]2CCCCO2)cc1. The molecule has 22 heavy (non-hydrogen) atoms. The molecule has 1 aliphatic rings. The monoisotopic (exact) mass is 322 g/mol. The van der Waals surface area contributed by atoms with E-state index >= 15 is 0 Å². The van der Waals surface area contributed by atoms with Crippen molar-refractivity contribution < 1.29 is 13.2 Å². The lowest BCUT2D eigenvalue weighted by atomic mass is 9.86. The fourth-order valence-corrected chi connectivity index (χ4v) is 3.76. The van der Waals surface area contributed by atoms with E-state index in [-0.39, 0.29) is 11.9 Å². The molecule has 1 heterocycles. The zero-order valence-corrected chi connectivity index (χ0v) is 13.8. The lowest BCUT2D eigenvalue weighted by Gasteiger charge is -2.22. The van der Waals surface area contributed by atoms with Gasteiger partial charge in [-0.1, -0.05) is 12.1 Å². The molecule has 0 unspecified atom stereocenters. The van der Waals surface area contributed by atoms with E-state index in [4.69, 9.17) is 10.00 Å². The van der Waals surface area contributed by atoms with E-state index in [0.717, 1.165) is 24.8 Å². The van der Waals surface area contributed by atoms with Gasteiger partial charge in [-0.05, 0) is 50.8 Å². The topological polar surface area (TPSA) is 79.2 Å². The lowest BCUT2D eigenvalue weighted by molar-refractivity contribution is 0.0306. The van der Waals surface area contributed by atoms with Gasteiger partial charge in [0.15, 0.2) is 0 Å². The maximum atomic E-state index is 12.2. The second kappa shape index (κ2) is 6.67. The van der Waals surface area contributed by atoms with Crippen molar-refractivity contribution in [1.29, 1.82) is 5.26 Å². The largest absolute Gasteiger partial charge is 0.377 e. The molecule has 0 spiro atoms. The van der Waals surface area contributed by atoms with Crippen LogP contribution in [0.25, 0.3) is 0 Å². The molecule has 0 bridgehead atoms. The summed E-state index contributed by atoms with van der Waals surface area (Å²) in [4.78, 5) is 0. The molecule has 0 amide bonds. The third-order valence-electron chi connectivity index (χ3n) is 3.84. The van der Waals surface area contributed by atoms with Crippen LogP contribution in [0, 0.1) is 11.3 Å². The number of sulfonamides is 1. The normalized spacial score (nSPS) is 19.4. The Kier molecular flexibility index (Phi) is 5.09. The molecular weight excluding hydrogens is 300 g/mol. The van der Waals surface area contributed by atoms with Crippen LogP contribution in [0.15, 0.2) is 24.3 Å². The Morgan fingerprint density at radius 2 is 2.00 bits per heavy atom. The Balaban J connectivity index is 2.02. The van der Waals surface area contributed by atoms with E-state index in [2.05, 4.69) is 10.8 Å². The number of nitrogens with one attached hydrogen (secondary N) is 1. The number of hydrogen-bond acceptors (Lipinski definition) is 4. The maximum Gasteiger partial charge on any atom is 0.235 e. The van der Waals surface area contributed by atoms with Crippen molar-refractivity contribution in [1.82, 2.24) is 0 Å². The molecule has 1 saturated heterocycles. The summed E-state index contributed by atoms with van der Waals surface area (Å²) < 4.78 is 32.4. The average molecular weight is 322 g/mol. The Bertz CT molecular complexity index is 639. The number of ether oxygens (including phenoxy) is 1. The molecular formula is C16H22N2O3S. The van der Waals surface area contributed by atoms with Gasteiger partial charge >= 0.3 is 0 Å².